The Morgan fingerprint density at radius 2 is 1.76 bits per heavy atom. The summed E-state index contributed by atoms with van der Waals surface area (Å²) in [4.78, 5) is 48.1. The van der Waals surface area contributed by atoms with E-state index in [0.717, 1.165) is 40.6 Å². The molecule has 1 fully saturated rings. The SMILES string of the molecule is CCc1cccc(CC)c1NC(=O)C(=O)NCCN1C(=O)CSC1=O. The van der Waals surface area contributed by atoms with Crippen LogP contribution in [0.25, 0.3) is 0 Å². The van der Waals surface area contributed by atoms with Gasteiger partial charge in [0.05, 0.1) is 5.75 Å². The van der Waals surface area contributed by atoms with E-state index in [9.17, 15) is 19.2 Å². The summed E-state index contributed by atoms with van der Waals surface area (Å²) in [6.07, 6.45) is 1.48. The Kier molecular flexibility index (Phi) is 6.58. The lowest BCUT2D eigenvalue weighted by atomic mass is 10.0. The number of anilines is 1. The third-order valence-corrected chi connectivity index (χ3v) is 4.76. The minimum absolute atomic E-state index is 0.0420. The first kappa shape index (κ1) is 19.0. The van der Waals surface area contributed by atoms with Gasteiger partial charge >= 0.3 is 11.8 Å². The zero-order chi connectivity index (χ0) is 18.4. The number of aryl methyl sites for hydroxylation is 2. The molecular weight excluding hydrogens is 342 g/mol. The van der Waals surface area contributed by atoms with E-state index >= 15 is 0 Å². The van der Waals surface area contributed by atoms with Crippen molar-refractivity contribution < 1.29 is 19.2 Å². The minimum Gasteiger partial charge on any atom is -0.346 e. The molecule has 8 heteroatoms. The summed E-state index contributed by atoms with van der Waals surface area (Å²) < 4.78 is 0. The summed E-state index contributed by atoms with van der Waals surface area (Å²) >= 11 is 0.934. The molecule has 1 aromatic carbocycles. The predicted octanol–water partition coefficient (Wildman–Crippen LogP) is 1.56. The predicted molar refractivity (Wildman–Crippen MR) is 96.4 cm³/mol. The van der Waals surface area contributed by atoms with Crippen LogP contribution in [0.5, 0.6) is 0 Å². The van der Waals surface area contributed by atoms with Gasteiger partial charge in [0.1, 0.15) is 0 Å². The molecule has 0 aromatic heterocycles. The normalized spacial score (nSPS) is 13.9. The number of hydrogen-bond donors (Lipinski definition) is 2. The quantitative estimate of drug-likeness (QED) is 0.748. The Morgan fingerprint density at radius 3 is 2.28 bits per heavy atom. The van der Waals surface area contributed by atoms with Crippen LogP contribution in [-0.2, 0) is 27.2 Å². The summed E-state index contributed by atoms with van der Waals surface area (Å²) in [7, 11) is 0. The molecule has 0 spiro atoms. The first-order chi connectivity index (χ1) is 12.0. The van der Waals surface area contributed by atoms with Crippen LogP contribution in [0.15, 0.2) is 18.2 Å². The summed E-state index contributed by atoms with van der Waals surface area (Å²) in [6, 6.07) is 5.75. The Labute approximate surface area is 150 Å². The monoisotopic (exact) mass is 363 g/mol. The lowest BCUT2D eigenvalue weighted by Gasteiger charge is -2.15. The highest BCUT2D eigenvalue weighted by molar-refractivity contribution is 8.14. The van der Waals surface area contributed by atoms with Gasteiger partial charge < -0.3 is 10.6 Å². The number of thioether (sulfide) groups is 1. The van der Waals surface area contributed by atoms with Crippen LogP contribution in [-0.4, -0.2) is 46.7 Å². The molecular formula is C17H21N3O4S. The molecule has 1 aliphatic heterocycles. The van der Waals surface area contributed by atoms with Crippen LogP contribution in [0.1, 0.15) is 25.0 Å². The second-order valence-electron chi connectivity index (χ2n) is 5.47. The highest BCUT2D eigenvalue weighted by Crippen LogP contribution is 2.22. The fraction of sp³-hybridized carbons (Fsp3) is 0.412. The molecule has 0 aliphatic carbocycles. The molecule has 0 atom stereocenters. The van der Waals surface area contributed by atoms with Crippen LogP contribution in [0.3, 0.4) is 0 Å². The Bertz CT molecular complexity index is 667. The van der Waals surface area contributed by atoms with Crippen LogP contribution in [0.2, 0.25) is 0 Å². The second kappa shape index (κ2) is 8.66. The Morgan fingerprint density at radius 1 is 1.12 bits per heavy atom. The Hall–Kier alpha value is -2.35. The van der Waals surface area contributed by atoms with Gasteiger partial charge in [-0.15, -0.1) is 0 Å². The topological polar surface area (TPSA) is 95.6 Å². The summed E-state index contributed by atoms with van der Waals surface area (Å²) in [6.45, 7) is 4.06. The van der Waals surface area contributed by atoms with E-state index < -0.39 is 11.8 Å². The number of carbonyl (C=O) groups excluding carboxylic acids is 4. The van der Waals surface area contributed by atoms with Gasteiger partial charge in [0.2, 0.25) is 5.91 Å². The molecule has 2 N–H and O–H groups in total. The number of imide groups is 1. The number of carbonyl (C=O) groups is 4. The average Bonchev–Trinajstić information content (AvgIpc) is 2.93. The van der Waals surface area contributed by atoms with Gasteiger partial charge in [-0.25, -0.2) is 0 Å². The molecule has 25 heavy (non-hydrogen) atoms. The smallest absolute Gasteiger partial charge is 0.313 e. The molecule has 1 heterocycles. The Balaban J connectivity index is 1.92. The number of nitrogens with one attached hydrogen (secondary N) is 2. The van der Waals surface area contributed by atoms with Crippen molar-refractivity contribution >= 4 is 40.4 Å². The van der Waals surface area contributed by atoms with E-state index in [-0.39, 0.29) is 30.0 Å². The molecule has 1 saturated heterocycles. The van der Waals surface area contributed by atoms with E-state index in [1.54, 1.807) is 0 Å². The fourth-order valence-electron chi connectivity index (χ4n) is 2.53. The highest BCUT2D eigenvalue weighted by atomic mass is 32.2. The molecule has 2 rings (SSSR count). The minimum atomic E-state index is -0.792. The van der Waals surface area contributed by atoms with Crippen LogP contribution >= 0.6 is 11.8 Å². The van der Waals surface area contributed by atoms with Crippen molar-refractivity contribution in [3.05, 3.63) is 29.3 Å². The van der Waals surface area contributed by atoms with Crippen LogP contribution in [0, 0.1) is 0 Å². The number of para-hydroxylation sites is 1. The van der Waals surface area contributed by atoms with Crippen molar-refractivity contribution in [1.82, 2.24) is 10.2 Å². The van der Waals surface area contributed by atoms with E-state index in [0.29, 0.717) is 5.69 Å². The highest BCUT2D eigenvalue weighted by Gasteiger charge is 2.29. The van der Waals surface area contributed by atoms with Gasteiger partial charge in [-0.1, -0.05) is 43.8 Å². The lowest BCUT2D eigenvalue weighted by Crippen LogP contribution is -2.41. The molecule has 4 amide bonds. The number of nitrogens with zero attached hydrogens (tertiary/aromatic N) is 1. The van der Waals surface area contributed by atoms with Gasteiger partial charge in [-0.3, -0.25) is 24.1 Å². The van der Waals surface area contributed by atoms with Gasteiger partial charge in [-0.05, 0) is 24.0 Å². The van der Waals surface area contributed by atoms with Crippen molar-refractivity contribution in [3.8, 4) is 0 Å². The van der Waals surface area contributed by atoms with E-state index in [2.05, 4.69) is 10.6 Å². The van der Waals surface area contributed by atoms with Gasteiger partial charge in [0, 0.05) is 18.8 Å². The third-order valence-electron chi connectivity index (χ3n) is 3.91. The number of rotatable bonds is 6. The van der Waals surface area contributed by atoms with Crippen molar-refractivity contribution in [2.75, 3.05) is 24.2 Å². The van der Waals surface area contributed by atoms with E-state index in [4.69, 9.17) is 0 Å². The number of amides is 4. The van der Waals surface area contributed by atoms with Gasteiger partial charge in [0.25, 0.3) is 5.24 Å². The first-order valence-corrected chi connectivity index (χ1v) is 9.13. The van der Waals surface area contributed by atoms with Crippen molar-refractivity contribution in [3.63, 3.8) is 0 Å². The molecule has 1 aliphatic rings. The molecule has 1 aromatic rings. The molecule has 7 nitrogen and oxygen atoms in total. The standard InChI is InChI=1S/C17H21N3O4S/c1-3-11-6-5-7-12(4-2)14(11)19-16(23)15(22)18-8-9-20-13(21)10-25-17(20)24/h5-7H,3-4,8-10H2,1-2H3,(H,18,22)(H,19,23). The lowest BCUT2D eigenvalue weighted by molar-refractivity contribution is -0.136. The fourth-order valence-corrected chi connectivity index (χ4v) is 3.28. The first-order valence-electron chi connectivity index (χ1n) is 8.15. The summed E-state index contributed by atoms with van der Waals surface area (Å²) in [5, 5.41) is 4.79. The van der Waals surface area contributed by atoms with Crippen LogP contribution in [0.4, 0.5) is 10.5 Å². The molecule has 0 unspecified atom stereocenters. The molecule has 134 valence electrons. The van der Waals surface area contributed by atoms with Gasteiger partial charge in [0.15, 0.2) is 0 Å². The van der Waals surface area contributed by atoms with Crippen LogP contribution < -0.4 is 10.6 Å². The zero-order valence-electron chi connectivity index (χ0n) is 14.3. The maximum Gasteiger partial charge on any atom is 0.313 e. The van der Waals surface area contributed by atoms with Crippen molar-refractivity contribution in [2.45, 2.75) is 26.7 Å². The second-order valence-corrected chi connectivity index (χ2v) is 6.39. The van der Waals surface area contributed by atoms with Crippen molar-refractivity contribution in [2.24, 2.45) is 0 Å². The number of benzene rings is 1. The molecule has 0 radical (unpaired) electrons. The third kappa shape index (κ3) is 4.60. The van der Waals surface area contributed by atoms with Crippen molar-refractivity contribution in [1.29, 1.82) is 0 Å². The number of hydrogen-bond acceptors (Lipinski definition) is 5. The zero-order valence-corrected chi connectivity index (χ0v) is 15.1. The largest absolute Gasteiger partial charge is 0.346 e. The summed E-state index contributed by atoms with van der Waals surface area (Å²) in [5.41, 5.74) is 2.60. The maximum atomic E-state index is 12.1. The van der Waals surface area contributed by atoms with Gasteiger partial charge in [-0.2, -0.15) is 0 Å². The molecule has 0 bridgehead atoms. The summed E-state index contributed by atoms with van der Waals surface area (Å²) in [5.74, 6) is -1.71. The van der Waals surface area contributed by atoms with E-state index in [1.807, 2.05) is 32.0 Å². The maximum absolute atomic E-state index is 12.1. The molecule has 0 saturated carbocycles. The average molecular weight is 363 g/mol. The van der Waals surface area contributed by atoms with E-state index in [1.165, 1.54) is 0 Å².